The molecule has 0 spiro atoms. The number of benzene rings is 2. The van der Waals surface area contributed by atoms with Gasteiger partial charge in [0.05, 0.1) is 22.8 Å². The van der Waals surface area contributed by atoms with Gasteiger partial charge in [0.15, 0.2) is 11.5 Å². The number of hydrogen-bond acceptors (Lipinski definition) is 5. The van der Waals surface area contributed by atoms with Crippen LogP contribution in [0.3, 0.4) is 0 Å². The Morgan fingerprint density at radius 2 is 1.86 bits per heavy atom. The summed E-state index contributed by atoms with van der Waals surface area (Å²) in [5.41, 5.74) is 0.119. The first-order chi connectivity index (χ1) is 16.4. The molecule has 0 fully saturated rings. The van der Waals surface area contributed by atoms with Crippen LogP contribution < -0.4 is 9.47 Å². The molecule has 1 aliphatic rings. The number of aliphatic carboxylic acids is 1. The molecule has 0 aliphatic carbocycles. The van der Waals surface area contributed by atoms with E-state index in [-0.39, 0.29) is 29.4 Å². The summed E-state index contributed by atoms with van der Waals surface area (Å²) in [6, 6.07) is 9.55. The fourth-order valence-electron chi connectivity index (χ4n) is 3.11. The van der Waals surface area contributed by atoms with Crippen molar-refractivity contribution in [2.75, 3.05) is 12.5 Å². The first-order valence-electron chi connectivity index (χ1n) is 10.6. The van der Waals surface area contributed by atoms with E-state index in [2.05, 4.69) is 0 Å². The SMILES string of the molecule is CCC(C)C(=O)O.O=S(=O)(CC=Cc1ccc2c(c1)OCO2)n1ccc2cc(C(F)(F)F)ccc21. The number of aromatic nitrogens is 1. The van der Waals surface area contributed by atoms with Crippen LogP contribution in [0.5, 0.6) is 11.5 Å². The van der Waals surface area contributed by atoms with E-state index in [0.29, 0.717) is 11.5 Å². The molecule has 11 heteroatoms. The van der Waals surface area contributed by atoms with Crippen molar-refractivity contribution in [2.45, 2.75) is 26.4 Å². The van der Waals surface area contributed by atoms with Crippen LogP contribution in [0.4, 0.5) is 13.2 Å². The zero-order valence-corrected chi connectivity index (χ0v) is 19.8. The Bertz CT molecular complexity index is 1350. The number of ether oxygens (including phenoxy) is 2. The van der Waals surface area contributed by atoms with Crippen LogP contribution in [0.2, 0.25) is 0 Å². The predicted octanol–water partition coefficient (Wildman–Crippen LogP) is 5.40. The summed E-state index contributed by atoms with van der Waals surface area (Å²) in [7, 11) is -3.78. The minimum absolute atomic E-state index is 0.146. The van der Waals surface area contributed by atoms with Crippen LogP contribution in [-0.4, -0.2) is 36.0 Å². The summed E-state index contributed by atoms with van der Waals surface area (Å²) < 4.78 is 75.1. The molecule has 1 atom stereocenters. The van der Waals surface area contributed by atoms with Crippen LogP contribution >= 0.6 is 0 Å². The van der Waals surface area contributed by atoms with Crippen LogP contribution in [0.1, 0.15) is 31.4 Å². The Hall–Kier alpha value is -3.47. The average Bonchev–Trinajstić information content (AvgIpc) is 3.44. The lowest BCUT2D eigenvalue weighted by Gasteiger charge is -2.08. The number of hydrogen-bond donors (Lipinski definition) is 1. The van der Waals surface area contributed by atoms with Gasteiger partial charge in [-0.3, -0.25) is 4.79 Å². The van der Waals surface area contributed by atoms with Crippen molar-refractivity contribution < 1.29 is 41.0 Å². The van der Waals surface area contributed by atoms with E-state index in [0.717, 1.165) is 34.2 Å². The molecule has 0 bridgehead atoms. The van der Waals surface area contributed by atoms with Gasteiger partial charge in [-0.2, -0.15) is 13.2 Å². The van der Waals surface area contributed by atoms with Gasteiger partial charge in [-0.25, -0.2) is 12.4 Å². The molecule has 0 radical (unpaired) electrons. The van der Waals surface area contributed by atoms with Crippen molar-refractivity contribution in [3.8, 4) is 11.5 Å². The van der Waals surface area contributed by atoms with Gasteiger partial charge in [0.1, 0.15) is 0 Å². The highest BCUT2D eigenvalue weighted by atomic mass is 32.2. The summed E-state index contributed by atoms with van der Waals surface area (Å²) in [6.45, 7) is 3.70. The second-order valence-corrected chi connectivity index (χ2v) is 9.71. The maximum absolute atomic E-state index is 12.8. The molecule has 3 aromatic rings. The third-order valence-electron chi connectivity index (χ3n) is 5.33. The lowest BCUT2D eigenvalue weighted by molar-refractivity contribution is -0.141. The smallest absolute Gasteiger partial charge is 0.416 e. The highest BCUT2D eigenvalue weighted by Gasteiger charge is 2.31. The monoisotopic (exact) mass is 511 g/mol. The Labute approximate surface area is 200 Å². The molecular weight excluding hydrogens is 487 g/mol. The lowest BCUT2D eigenvalue weighted by Crippen LogP contribution is -2.14. The van der Waals surface area contributed by atoms with Crippen molar-refractivity contribution in [2.24, 2.45) is 5.92 Å². The first kappa shape index (κ1) is 26.1. The summed E-state index contributed by atoms with van der Waals surface area (Å²) >= 11 is 0. The number of nitrogens with zero attached hydrogens (tertiary/aromatic N) is 1. The van der Waals surface area contributed by atoms with Crippen LogP contribution in [0.15, 0.2) is 54.7 Å². The molecule has 188 valence electrons. The van der Waals surface area contributed by atoms with Gasteiger partial charge in [0, 0.05) is 11.6 Å². The van der Waals surface area contributed by atoms with E-state index in [9.17, 15) is 26.4 Å². The van der Waals surface area contributed by atoms with Crippen molar-refractivity contribution in [1.82, 2.24) is 3.97 Å². The van der Waals surface area contributed by atoms with E-state index in [1.807, 2.05) is 6.92 Å². The highest BCUT2D eigenvalue weighted by molar-refractivity contribution is 7.90. The number of halogens is 3. The van der Waals surface area contributed by atoms with Gasteiger partial charge >= 0.3 is 12.1 Å². The molecule has 35 heavy (non-hydrogen) atoms. The Kier molecular flexibility index (Phi) is 7.79. The van der Waals surface area contributed by atoms with Crippen LogP contribution in [0, 0.1) is 5.92 Å². The Balaban J connectivity index is 0.000000429. The molecule has 1 unspecified atom stereocenters. The molecule has 1 N–H and O–H groups in total. The van der Waals surface area contributed by atoms with E-state index in [4.69, 9.17) is 14.6 Å². The molecule has 0 saturated carbocycles. The van der Waals surface area contributed by atoms with Gasteiger partial charge in [-0.15, -0.1) is 0 Å². The lowest BCUT2D eigenvalue weighted by atomic mass is 10.1. The molecule has 7 nitrogen and oxygen atoms in total. The summed E-state index contributed by atoms with van der Waals surface area (Å²) in [4.78, 5) is 9.93. The molecule has 4 rings (SSSR count). The molecule has 1 aliphatic heterocycles. The van der Waals surface area contributed by atoms with Crippen LogP contribution in [-0.2, 0) is 21.0 Å². The first-order valence-corrected chi connectivity index (χ1v) is 12.2. The summed E-state index contributed by atoms with van der Waals surface area (Å²) in [5.74, 6) is 0.0119. The molecule has 0 saturated heterocycles. The largest absolute Gasteiger partial charge is 0.481 e. The molecular formula is C24H24F3NO6S. The van der Waals surface area contributed by atoms with Gasteiger partial charge in [0.2, 0.25) is 16.8 Å². The minimum Gasteiger partial charge on any atom is -0.481 e. The predicted molar refractivity (Wildman–Crippen MR) is 125 cm³/mol. The maximum atomic E-state index is 12.8. The maximum Gasteiger partial charge on any atom is 0.416 e. The van der Waals surface area contributed by atoms with Crippen molar-refractivity contribution in [3.63, 3.8) is 0 Å². The van der Waals surface area contributed by atoms with E-state index in [1.165, 1.54) is 18.3 Å². The van der Waals surface area contributed by atoms with E-state index in [1.54, 1.807) is 31.2 Å². The Morgan fingerprint density at radius 3 is 2.49 bits per heavy atom. The number of carboxylic acids is 1. The summed E-state index contributed by atoms with van der Waals surface area (Å²) in [6.07, 6.45) is 0.599. The Morgan fingerprint density at radius 1 is 1.14 bits per heavy atom. The second-order valence-electron chi connectivity index (χ2n) is 7.82. The van der Waals surface area contributed by atoms with E-state index >= 15 is 0 Å². The third kappa shape index (κ3) is 6.36. The summed E-state index contributed by atoms with van der Waals surface area (Å²) in [5, 5.41) is 8.39. The minimum atomic E-state index is -4.48. The average molecular weight is 512 g/mol. The van der Waals surface area contributed by atoms with Gasteiger partial charge in [-0.05, 0) is 48.4 Å². The van der Waals surface area contributed by atoms with Crippen molar-refractivity contribution >= 4 is 33.0 Å². The zero-order valence-electron chi connectivity index (χ0n) is 18.9. The molecule has 2 aromatic carbocycles. The van der Waals surface area contributed by atoms with Gasteiger partial charge in [0.25, 0.3) is 0 Å². The second kappa shape index (κ2) is 10.4. The van der Waals surface area contributed by atoms with E-state index < -0.39 is 27.7 Å². The fraction of sp³-hybridized carbons (Fsp3) is 0.292. The van der Waals surface area contributed by atoms with Gasteiger partial charge in [-0.1, -0.05) is 32.1 Å². The van der Waals surface area contributed by atoms with Gasteiger partial charge < -0.3 is 14.6 Å². The normalized spacial score (nSPS) is 14.1. The zero-order chi connectivity index (χ0) is 25.8. The fourth-order valence-corrected chi connectivity index (χ4v) is 4.33. The molecule has 1 aromatic heterocycles. The number of carboxylic acid groups (broad SMARTS) is 1. The third-order valence-corrected chi connectivity index (χ3v) is 6.86. The number of rotatable bonds is 6. The van der Waals surface area contributed by atoms with Crippen LogP contribution in [0.25, 0.3) is 17.0 Å². The highest BCUT2D eigenvalue weighted by Crippen LogP contribution is 2.33. The molecule has 2 heterocycles. The topological polar surface area (TPSA) is 94.8 Å². The van der Waals surface area contributed by atoms with Crippen molar-refractivity contribution in [1.29, 1.82) is 0 Å². The standard InChI is InChI=1S/C19H14F3NO4S.C5H10O2/c20-19(21,22)15-4-5-16-14(11-15)7-8-23(16)28(24,25)9-1-2-13-3-6-17-18(10-13)27-12-26-17;1-3-4(2)5(6)7/h1-8,10-11H,9,12H2;4H,3H2,1-2H3,(H,6,7). The molecule has 0 amide bonds. The quantitative estimate of drug-likeness (QED) is 0.476. The number of fused-ring (bicyclic) bond motifs is 2. The van der Waals surface area contributed by atoms with Crippen molar-refractivity contribution in [3.05, 3.63) is 65.9 Å². The number of alkyl halides is 3. The number of carbonyl (C=O) groups is 1.